The minimum atomic E-state index is -0.440. The number of H-pyrrole nitrogens is 1. The number of imidazole rings is 1. The van der Waals surface area contributed by atoms with E-state index in [0.717, 1.165) is 15.9 Å². The molecule has 0 spiro atoms. The lowest BCUT2D eigenvalue weighted by Crippen LogP contribution is -1.92. The highest BCUT2D eigenvalue weighted by atomic mass is 32.1. The summed E-state index contributed by atoms with van der Waals surface area (Å²) < 4.78 is 0. The molecule has 124 valence electrons. The smallest absolute Gasteiger partial charge is 0.269 e. The molecule has 0 saturated carbocycles. The van der Waals surface area contributed by atoms with Crippen molar-refractivity contribution in [1.29, 1.82) is 0 Å². The molecular formula is C16H12N6O2S. The molecule has 8 nitrogen and oxygen atoms in total. The van der Waals surface area contributed by atoms with Gasteiger partial charge in [0, 0.05) is 17.8 Å². The molecule has 0 saturated heterocycles. The van der Waals surface area contributed by atoms with Crippen LogP contribution in [0.5, 0.6) is 0 Å². The highest BCUT2D eigenvalue weighted by Crippen LogP contribution is 2.35. The van der Waals surface area contributed by atoms with Crippen LogP contribution >= 0.6 is 11.3 Å². The molecule has 0 unspecified atom stereocenters. The number of hydrogen-bond donors (Lipinski definition) is 3. The first-order chi connectivity index (χ1) is 12.1. The second-order valence-corrected chi connectivity index (χ2v) is 6.26. The van der Waals surface area contributed by atoms with Crippen LogP contribution in [0.1, 0.15) is 0 Å². The number of anilines is 3. The van der Waals surface area contributed by atoms with Crippen LogP contribution in [-0.2, 0) is 0 Å². The number of nitro groups is 1. The monoisotopic (exact) mass is 352 g/mol. The van der Waals surface area contributed by atoms with E-state index in [1.165, 1.54) is 23.5 Å². The Morgan fingerprint density at radius 3 is 2.60 bits per heavy atom. The van der Waals surface area contributed by atoms with E-state index in [4.69, 9.17) is 5.73 Å². The number of nitrogens with two attached hydrogens (primary N) is 1. The second kappa shape index (κ2) is 5.87. The standard InChI is InChI=1S/C16H12N6O2S/c17-14-13(15-19-11-3-1-2-4-12(11)20-15)25-16(21-14)18-9-5-7-10(8-6-9)22(23)24/h1-8H,17H2,(H,18,21)(H,19,20). The van der Waals surface area contributed by atoms with E-state index in [-0.39, 0.29) is 5.69 Å². The lowest BCUT2D eigenvalue weighted by molar-refractivity contribution is -0.384. The van der Waals surface area contributed by atoms with Crippen molar-refractivity contribution < 1.29 is 4.92 Å². The van der Waals surface area contributed by atoms with Gasteiger partial charge in [0.25, 0.3) is 5.69 Å². The number of rotatable bonds is 4. The fraction of sp³-hybridized carbons (Fsp3) is 0. The van der Waals surface area contributed by atoms with Gasteiger partial charge in [0.1, 0.15) is 10.7 Å². The first-order valence-corrected chi connectivity index (χ1v) is 8.15. The predicted octanol–water partition coefficient (Wildman–Crippen LogP) is 3.92. The molecule has 0 aliphatic heterocycles. The summed E-state index contributed by atoms with van der Waals surface area (Å²) in [6.45, 7) is 0. The van der Waals surface area contributed by atoms with Crippen molar-refractivity contribution in [3.05, 3.63) is 58.6 Å². The maximum atomic E-state index is 10.7. The lowest BCUT2D eigenvalue weighted by atomic mass is 10.3. The summed E-state index contributed by atoms with van der Waals surface area (Å²) >= 11 is 1.36. The van der Waals surface area contributed by atoms with Crippen LogP contribution in [0, 0.1) is 10.1 Å². The van der Waals surface area contributed by atoms with Gasteiger partial charge in [0.05, 0.1) is 16.0 Å². The third-order valence-electron chi connectivity index (χ3n) is 3.59. The molecule has 0 radical (unpaired) electrons. The summed E-state index contributed by atoms with van der Waals surface area (Å²) in [5.41, 5.74) is 8.53. The average Bonchev–Trinajstić information content (AvgIpc) is 3.18. The van der Waals surface area contributed by atoms with E-state index in [1.807, 2.05) is 24.3 Å². The van der Waals surface area contributed by atoms with Gasteiger partial charge in [-0.05, 0) is 24.3 Å². The fourth-order valence-corrected chi connectivity index (χ4v) is 3.26. The molecule has 2 aromatic carbocycles. The van der Waals surface area contributed by atoms with Crippen molar-refractivity contribution in [2.75, 3.05) is 11.1 Å². The molecule has 4 rings (SSSR count). The van der Waals surface area contributed by atoms with Gasteiger partial charge < -0.3 is 16.0 Å². The number of non-ortho nitro benzene ring substituents is 1. The maximum absolute atomic E-state index is 10.7. The third kappa shape index (κ3) is 2.88. The van der Waals surface area contributed by atoms with E-state index in [1.54, 1.807) is 12.1 Å². The average molecular weight is 352 g/mol. The molecule has 2 aromatic heterocycles. The molecule has 0 amide bonds. The van der Waals surface area contributed by atoms with Gasteiger partial charge in [-0.1, -0.05) is 23.5 Å². The topological polar surface area (TPSA) is 123 Å². The van der Waals surface area contributed by atoms with E-state index in [9.17, 15) is 10.1 Å². The van der Waals surface area contributed by atoms with Crippen molar-refractivity contribution >= 4 is 44.7 Å². The van der Waals surface area contributed by atoms with Gasteiger partial charge in [0.15, 0.2) is 11.0 Å². The molecule has 4 aromatic rings. The zero-order valence-electron chi connectivity index (χ0n) is 12.8. The van der Waals surface area contributed by atoms with Crippen LogP contribution in [0.3, 0.4) is 0 Å². The third-order valence-corrected chi connectivity index (χ3v) is 4.58. The Morgan fingerprint density at radius 2 is 1.88 bits per heavy atom. The number of hydrogen-bond acceptors (Lipinski definition) is 7. The first-order valence-electron chi connectivity index (χ1n) is 7.33. The Bertz CT molecular complexity index is 1040. The van der Waals surface area contributed by atoms with Gasteiger partial charge in [-0.25, -0.2) is 9.97 Å². The van der Waals surface area contributed by atoms with E-state index < -0.39 is 4.92 Å². The Balaban J connectivity index is 1.62. The zero-order valence-corrected chi connectivity index (χ0v) is 13.6. The molecule has 0 atom stereocenters. The first kappa shape index (κ1) is 15.1. The van der Waals surface area contributed by atoms with Gasteiger partial charge in [0.2, 0.25) is 0 Å². The predicted molar refractivity (Wildman–Crippen MR) is 98.0 cm³/mol. The highest BCUT2D eigenvalue weighted by Gasteiger charge is 2.15. The zero-order chi connectivity index (χ0) is 17.4. The SMILES string of the molecule is Nc1nc(Nc2ccc([N+](=O)[O-])cc2)sc1-c1nc2ccccc2[nH]1. The molecule has 4 N–H and O–H groups in total. The van der Waals surface area contributed by atoms with Crippen molar-refractivity contribution in [3.8, 4) is 10.7 Å². The van der Waals surface area contributed by atoms with Gasteiger partial charge >= 0.3 is 0 Å². The Morgan fingerprint density at radius 1 is 1.12 bits per heavy atom. The lowest BCUT2D eigenvalue weighted by Gasteiger charge is -2.01. The van der Waals surface area contributed by atoms with Crippen LogP contribution in [0.25, 0.3) is 21.7 Å². The Kier molecular flexibility index (Phi) is 3.55. The number of nitrogen functional groups attached to an aromatic ring is 1. The molecule has 2 heterocycles. The summed E-state index contributed by atoms with van der Waals surface area (Å²) in [7, 11) is 0. The summed E-state index contributed by atoms with van der Waals surface area (Å²) in [5, 5.41) is 14.4. The van der Waals surface area contributed by atoms with Crippen molar-refractivity contribution in [2.45, 2.75) is 0 Å². The number of nitrogens with one attached hydrogen (secondary N) is 2. The summed E-state index contributed by atoms with van der Waals surface area (Å²) in [4.78, 5) is 23.0. The number of nitrogens with zero attached hydrogens (tertiary/aromatic N) is 3. The number of fused-ring (bicyclic) bond motifs is 1. The number of thiazole rings is 1. The van der Waals surface area contributed by atoms with Gasteiger partial charge in [-0.2, -0.15) is 0 Å². The summed E-state index contributed by atoms with van der Waals surface area (Å²) in [6, 6.07) is 13.8. The molecule has 0 aliphatic rings. The molecule has 0 bridgehead atoms. The van der Waals surface area contributed by atoms with E-state index in [0.29, 0.717) is 22.5 Å². The van der Waals surface area contributed by atoms with E-state index in [2.05, 4.69) is 20.3 Å². The van der Waals surface area contributed by atoms with Crippen LogP contribution in [-0.4, -0.2) is 19.9 Å². The maximum Gasteiger partial charge on any atom is 0.269 e. The molecule has 25 heavy (non-hydrogen) atoms. The van der Waals surface area contributed by atoms with Crippen molar-refractivity contribution in [2.24, 2.45) is 0 Å². The number of aromatic amines is 1. The normalized spacial score (nSPS) is 10.9. The quantitative estimate of drug-likeness (QED) is 0.378. The van der Waals surface area contributed by atoms with Crippen LogP contribution in [0.15, 0.2) is 48.5 Å². The number of nitro benzene ring substituents is 1. The molecule has 9 heteroatoms. The summed E-state index contributed by atoms with van der Waals surface area (Å²) in [5.74, 6) is 1.03. The van der Waals surface area contributed by atoms with E-state index >= 15 is 0 Å². The van der Waals surface area contributed by atoms with Gasteiger partial charge in [-0.3, -0.25) is 10.1 Å². The van der Waals surface area contributed by atoms with Crippen LogP contribution in [0.4, 0.5) is 22.3 Å². The highest BCUT2D eigenvalue weighted by molar-refractivity contribution is 7.19. The fourth-order valence-electron chi connectivity index (χ4n) is 2.41. The largest absolute Gasteiger partial charge is 0.382 e. The van der Waals surface area contributed by atoms with Crippen LogP contribution < -0.4 is 11.1 Å². The van der Waals surface area contributed by atoms with Gasteiger partial charge in [-0.15, -0.1) is 0 Å². The number of para-hydroxylation sites is 2. The Hall–Kier alpha value is -3.46. The van der Waals surface area contributed by atoms with Crippen LogP contribution in [0.2, 0.25) is 0 Å². The minimum Gasteiger partial charge on any atom is -0.382 e. The second-order valence-electron chi connectivity index (χ2n) is 5.26. The van der Waals surface area contributed by atoms with Crippen molar-refractivity contribution in [1.82, 2.24) is 15.0 Å². The number of aromatic nitrogens is 3. The number of benzene rings is 2. The molecule has 0 aliphatic carbocycles. The minimum absolute atomic E-state index is 0.0344. The molecular weight excluding hydrogens is 340 g/mol. The van der Waals surface area contributed by atoms with Crippen molar-refractivity contribution in [3.63, 3.8) is 0 Å². The Labute approximate surface area is 145 Å². The summed E-state index contributed by atoms with van der Waals surface area (Å²) in [6.07, 6.45) is 0. The molecule has 0 fully saturated rings.